The molecule has 3 rings (SSSR count). The minimum absolute atomic E-state index is 0.148. The molecule has 6 nitrogen and oxygen atoms in total. The largest absolute Gasteiger partial charge is 0.497 e. The summed E-state index contributed by atoms with van der Waals surface area (Å²) in [6.45, 7) is 0. The van der Waals surface area contributed by atoms with Crippen molar-refractivity contribution in [3.8, 4) is 5.75 Å². The molecule has 0 spiro atoms. The molecule has 2 N–H and O–H groups in total. The Kier molecular flexibility index (Phi) is 5.11. The van der Waals surface area contributed by atoms with Crippen molar-refractivity contribution in [2.75, 3.05) is 12.4 Å². The number of aromatic nitrogens is 3. The Hall–Kier alpha value is -3.36. The second-order valence-electron chi connectivity index (χ2n) is 5.64. The molecule has 0 aliphatic carbocycles. The lowest BCUT2D eigenvalue weighted by Gasteiger charge is -2.13. The minimum Gasteiger partial charge on any atom is -0.497 e. The van der Waals surface area contributed by atoms with Gasteiger partial charge in [-0.15, -0.1) is 10.2 Å². The van der Waals surface area contributed by atoms with Crippen LogP contribution in [0.2, 0.25) is 0 Å². The van der Waals surface area contributed by atoms with Crippen molar-refractivity contribution in [3.63, 3.8) is 0 Å². The number of nitrogens with one attached hydrogen (secondary N) is 2. The van der Waals surface area contributed by atoms with Gasteiger partial charge in [0, 0.05) is 6.42 Å². The summed E-state index contributed by atoms with van der Waals surface area (Å²) in [5, 5.41) is 10.1. The Morgan fingerprint density at radius 2 is 1.78 bits per heavy atom. The predicted octanol–water partition coefficient (Wildman–Crippen LogP) is 3.53. The second-order valence-corrected chi connectivity index (χ2v) is 5.64. The normalized spacial score (nSPS) is 11.3. The highest BCUT2D eigenvalue weighted by atomic mass is 19.4. The van der Waals surface area contributed by atoms with E-state index in [9.17, 15) is 18.0 Å². The number of aromatic amines is 1. The summed E-state index contributed by atoms with van der Waals surface area (Å²) in [7, 11) is 1.55. The second kappa shape index (κ2) is 7.48. The van der Waals surface area contributed by atoms with E-state index in [-0.39, 0.29) is 23.8 Å². The predicted molar refractivity (Wildman–Crippen MR) is 93.2 cm³/mol. The fraction of sp³-hybridized carbons (Fsp3) is 0.167. The van der Waals surface area contributed by atoms with Crippen molar-refractivity contribution < 1.29 is 17.9 Å². The van der Waals surface area contributed by atoms with Crippen LogP contribution in [0.1, 0.15) is 16.8 Å². The molecular weight excluding hydrogens is 361 g/mol. The van der Waals surface area contributed by atoms with Gasteiger partial charge in [-0.3, -0.25) is 9.78 Å². The molecule has 0 saturated carbocycles. The van der Waals surface area contributed by atoms with Crippen molar-refractivity contribution in [1.82, 2.24) is 15.2 Å². The molecule has 0 fully saturated rings. The van der Waals surface area contributed by atoms with Gasteiger partial charge in [0.25, 0.3) is 5.56 Å². The molecule has 0 amide bonds. The summed E-state index contributed by atoms with van der Waals surface area (Å²) in [5.74, 6) is 0.511. The van der Waals surface area contributed by atoms with Gasteiger partial charge >= 0.3 is 6.18 Å². The fourth-order valence-electron chi connectivity index (χ4n) is 2.44. The Labute approximate surface area is 152 Å². The van der Waals surface area contributed by atoms with E-state index in [0.29, 0.717) is 5.75 Å². The monoisotopic (exact) mass is 376 g/mol. The summed E-state index contributed by atoms with van der Waals surface area (Å²) in [6.07, 6.45) is -4.31. The van der Waals surface area contributed by atoms with E-state index in [2.05, 4.69) is 20.5 Å². The first-order valence-corrected chi connectivity index (χ1v) is 7.89. The summed E-state index contributed by atoms with van der Waals surface area (Å²) >= 11 is 0. The number of hydrogen-bond acceptors (Lipinski definition) is 5. The maximum atomic E-state index is 13.0. The molecule has 0 aliphatic heterocycles. The van der Waals surface area contributed by atoms with Crippen LogP contribution in [0.4, 0.5) is 24.8 Å². The summed E-state index contributed by atoms with van der Waals surface area (Å²) in [6, 6.07) is 12.0. The lowest BCUT2D eigenvalue weighted by Crippen LogP contribution is -2.19. The quantitative estimate of drug-likeness (QED) is 0.712. The van der Waals surface area contributed by atoms with Crippen molar-refractivity contribution in [3.05, 3.63) is 75.7 Å². The van der Waals surface area contributed by atoms with Crippen molar-refractivity contribution in [1.29, 1.82) is 0 Å². The first-order chi connectivity index (χ1) is 12.9. The zero-order valence-corrected chi connectivity index (χ0v) is 14.2. The Bertz CT molecular complexity index is 985. The van der Waals surface area contributed by atoms with E-state index in [1.807, 2.05) is 0 Å². The first-order valence-electron chi connectivity index (χ1n) is 7.89. The van der Waals surface area contributed by atoms with Gasteiger partial charge in [0.15, 0.2) is 0 Å². The average Bonchev–Trinajstić information content (AvgIpc) is 2.64. The average molecular weight is 376 g/mol. The van der Waals surface area contributed by atoms with Crippen LogP contribution < -0.4 is 15.6 Å². The van der Waals surface area contributed by atoms with Crippen LogP contribution in [0.5, 0.6) is 5.75 Å². The smallest absolute Gasteiger partial charge is 0.418 e. The van der Waals surface area contributed by atoms with Crippen LogP contribution in [0.15, 0.2) is 53.3 Å². The van der Waals surface area contributed by atoms with Crippen molar-refractivity contribution in [2.24, 2.45) is 0 Å². The number of rotatable bonds is 5. The lowest BCUT2D eigenvalue weighted by molar-refractivity contribution is -0.136. The van der Waals surface area contributed by atoms with Crippen LogP contribution in [-0.2, 0) is 12.6 Å². The molecule has 0 radical (unpaired) electrons. The van der Waals surface area contributed by atoms with E-state index in [1.54, 1.807) is 31.4 Å². The number of methoxy groups -OCH3 is 1. The standard InChI is InChI=1S/C18H15F3N4O2/c1-27-12-8-6-11(7-9-12)10-15-16(26)23-17(25-24-15)22-14-5-3-2-4-13(14)18(19,20)21/h2-9H,10H2,1H3,(H2,22,23,25,26). The van der Waals surface area contributed by atoms with Gasteiger partial charge in [0.05, 0.1) is 18.4 Å². The summed E-state index contributed by atoms with van der Waals surface area (Å²) in [5.41, 5.74) is -0.658. The third-order valence-corrected chi connectivity index (χ3v) is 3.78. The number of anilines is 2. The SMILES string of the molecule is COc1ccc(Cc2nnc(Nc3ccccc3C(F)(F)F)[nH]c2=O)cc1. The highest BCUT2D eigenvalue weighted by molar-refractivity contribution is 5.59. The number of alkyl halides is 3. The highest BCUT2D eigenvalue weighted by Crippen LogP contribution is 2.35. The third kappa shape index (κ3) is 4.43. The van der Waals surface area contributed by atoms with Crippen LogP contribution in [-0.4, -0.2) is 22.3 Å². The van der Waals surface area contributed by atoms with Gasteiger partial charge in [-0.1, -0.05) is 24.3 Å². The molecule has 0 unspecified atom stereocenters. The number of para-hydroxylation sites is 1. The van der Waals surface area contributed by atoms with Crippen LogP contribution in [0.25, 0.3) is 0 Å². The van der Waals surface area contributed by atoms with E-state index >= 15 is 0 Å². The maximum Gasteiger partial charge on any atom is 0.418 e. The summed E-state index contributed by atoms with van der Waals surface area (Å²) in [4.78, 5) is 14.6. The molecule has 27 heavy (non-hydrogen) atoms. The molecular formula is C18H15F3N4O2. The van der Waals surface area contributed by atoms with Crippen LogP contribution >= 0.6 is 0 Å². The molecule has 0 aliphatic rings. The van der Waals surface area contributed by atoms with Gasteiger partial charge in [-0.2, -0.15) is 13.2 Å². The molecule has 0 bridgehead atoms. The highest BCUT2D eigenvalue weighted by Gasteiger charge is 2.33. The molecule has 0 saturated heterocycles. The van der Waals surface area contributed by atoms with E-state index in [0.717, 1.165) is 11.6 Å². The molecule has 1 aromatic heterocycles. The number of ether oxygens (including phenoxy) is 1. The molecule has 1 heterocycles. The van der Waals surface area contributed by atoms with Crippen molar-refractivity contribution in [2.45, 2.75) is 12.6 Å². The topological polar surface area (TPSA) is 79.9 Å². The Balaban J connectivity index is 1.80. The first kappa shape index (κ1) is 18.4. The van der Waals surface area contributed by atoms with Gasteiger partial charge in [0.1, 0.15) is 11.4 Å². The molecule has 9 heteroatoms. The summed E-state index contributed by atoms with van der Waals surface area (Å²) < 4.78 is 44.2. The molecule has 140 valence electrons. The van der Waals surface area contributed by atoms with E-state index in [4.69, 9.17) is 4.74 Å². The number of benzene rings is 2. The third-order valence-electron chi connectivity index (χ3n) is 3.78. The number of nitrogens with zero attached hydrogens (tertiary/aromatic N) is 2. The lowest BCUT2D eigenvalue weighted by atomic mass is 10.1. The van der Waals surface area contributed by atoms with E-state index < -0.39 is 17.3 Å². The van der Waals surface area contributed by atoms with Gasteiger partial charge in [-0.25, -0.2) is 0 Å². The number of hydrogen-bond donors (Lipinski definition) is 2. The zero-order valence-electron chi connectivity index (χ0n) is 14.2. The number of halogens is 3. The van der Waals surface area contributed by atoms with Gasteiger partial charge < -0.3 is 10.1 Å². The fourth-order valence-corrected chi connectivity index (χ4v) is 2.44. The zero-order chi connectivity index (χ0) is 19.4. The van der Waals surface area contributed by atoms with E-state index in [1.165, 1.54) is 18.2 Å². The molecule has 3 aromatic rings. The Morgan fingerprint density at radius 1 is 1.07 bits per heavy atom. The number of H-pyrrole nitrogens is 1. The van der Waals surface area contributed by atoms with Crippen LogP contribution in [0.3, 0.4) is 0 Å². The Morgan fingerprint density at radius 3 is 2.41 bits per heavy atom. The van der Waals surface area contributed by atoms with Crippen molar-refractivity contribution >= 4 is 11.6 Å². The molecule has 2 aromatic carbocycles. The van der Waals surface area contributed by atoms with Gasteiger partial charge in [-0.05, 0) is 29.8 Å². The van der Waals surface area contributed by atoms with Gasteiger partial charge in [0.2, 0.25) is 5.95 Å². The maximum absolute atomic E-state index is 13.0. The van der Waals surface area contributed by atoms with Crippen LogP contribution in [0, 0.1) is 0 Å². The minimum atomic E-state index is -4.54. The molecule has 0 atom stereocenters.